The lowest BCUT2D eigenvalue weighted by Crippen LogP contribution is -2.33. The van der Waals surface area contributed by atoms with Gasteiger partial charge in [-0.25, -0.2) is 4.98 Å². The third-order valence-electron chi connectivity index (χ3n) is 3.81. The fourth-order valence-corrected chi connectivity index (χ4v) is 3.19. The van der Waals surface area contributed by atoms with Gasteiger partial charge >= 0.3 is 0 Å². The van der Waals surface area contributed by atoms with Gasteiger partial charge in [-0.3, -0.25) is 9.59 Å². The number of amides is 2. The van der Waals surface area contributed by atoms with Crippen LogP contribution in [0.2, 0.25) is 0 Å². The zero-order chi connectivity index (χ0) is 20.5. The number of benzene rings is 2. The molecule has 3 aromatic rings. The van der Waals surface area contributed by atoms with Gasteiger partial charge in [0.15, 0.2) is 0 Å². The summed E-state index contributed by atoms with van der Waals surface area (Å²) in [6.45, 7) is -0.109. The van der Waals surface area contributed by atoms with Crippen molar-refractivity contribution in [2.24, 2.45) is 0 Å². The summed E-state index contributed by atoms with van der Waals surface area (Å²) in [6.07, 6.45) is 6.92. The van der Waals surface area contributed by atoms with E-state index in [-0.39, 0.29) is 24.1 Å². The molecule has 2 aromatic carbocycles. The van der Waals surface area contributed by atoms with E-state index in [1.807, 2.05) is 30.3 Å². The number of hydrogen-bond acceptors (Lipinski definition) is 5. The van der Waals surface area contributed by atoms with Crippen LogP contribution in [-0.2, 0) is 15.3 Å². The number of anilines is 1. The zero-order valence-corrected chi connectivity index (χ0v) is 16.4. The monoisotopic (exact) mass is 405 g/mol. The predicted molar refractivity (Wildman–Crippen MR) is 114 cm³/mol. The van der Waals surface area contributed by atoms with Crippen LogP contribution >= 0.6 is 11.8 Å². The van der Waals surface area contributed by atoms with Gasteiger partial charge in [-0.1, -0.05) is 30.2 Å². The fraction of sp³-hybridized carbons (Fsp3) is 0.136. The standard InChI is InChI=1S/C22H19N3O3S/c1-2-16-7-6-10-18(11-16)24-20(26)12-23-21(27)15-29-14-19-13-28-22(25-19)17-8-4-3-5-9-17/h1,3-11,13H,12,14-15H2,(H,23,27)(H,24,26). The van der Waals surface area contributed by atoms with Crippen LogP contribution in [0.1, 0.15) is 11.3 Å². The van der Waals surface area contributed by atoms with Crippen molar-refractivity contribution in [3.63, 3.8) is 0 Å². The van der Waals surface area contributed by atoms with E-state index in [9.17, 15) is 9.59 Å². The molecule has 0 bridgehead atoms. The highest BCUT2D eigenvalue weighted by molar-refractivity contribution is 7.99. The van der Waals surface area contributed by atoms with Crippen LogP contribution in [0.25, 0.3) is 11.5 Å². The lowest BCUT2D eigenvalue weighted by atomic mass is 10.2. The molecule has 0 saturated heterocycles. The van der Waals surface area contributed by atoms with Crippen molar-refractivity contribution >= 4 is 29.3 Å². The van der Waals surface area contributed by atoms with E-state index < -0.39 is 0 Å². The highest BCUT2D eigenvalue weighted by Gasteiger charge is 2.09. The number of carbonyl (C=O) groups excluding carboxylic acids is 2. The van der Waals surface area contributed by atoms with Crippen LogP contribution in [0, 0.1) is 12.3 Å². The topological polar surface area (TPSA) is 84.2 Å². The van der Waals surface area contributed by atoms with Crippen molar-refractivity contribution in [1.82, 2.24) is 10.3 Å². The summed E-state index contributed by atoms with van der Waals surface area (Å²) in [7, 11) is 0. The summed E-state index contributed by atoms with van der Waals surface area (Å²) >= 11 is 1.40. The van der Waals surface area contributed by atoms with Gasteiger partial charge in [0.2, 0.25) is 17.7 Å². The van der Waals surface area contributed by atoms with Gasteiger partial charge in [0.05, 0.1) is 18.0 Å². The van der Waals surface area contributed by atoms with Gasteiger partial charge in [0, 0.05) is 22.6 Å². The second-order valence-electron chi connectivity index (χ2n) is 6.05. The number of terminal acetylenes is 1. The molecule has 6 nitrogen and oxygen atoms in total. The SMILES string of the molecule is C#Cc1cccc(NC(=O)CNC(=O)CSCc2coc(-c3ccccc3)n2)c1. The maximum Gasteiger partial charge on any atom is 0.243 e. The van der Waals surface area contributed by atoms with E-state index in [0.717, 1.165) is 11.3 Å². The normalized spacial score (nSPS) is 10.2. The molecule has 0 unspecified atom stereocenters. The highest BCUT2D eigenvalue weighted by atomic mass is 32.2. The van der Waals surface area contributed by atoms with Gasteiger partial charge in [-0.2, -0.15) is 0 Å². The second kappa shape index (κ2) is 10.2. The summed E-state index contributed by atoms with van der Waals surface area (Å²) in [6, 6.07) is 16.6. The fourth-order valence-electron chi connectivity index (χ4n) is 2.46. The van der Waals surface area contributed by atoms with E-state index in [0.29, 0.717) is 22.9 Å². The Labute approximate surface area is 173 Å². The Morgan fingerprint density at radius 2 is 1.93 bits per heavy atom. The summed E-state index contributed by atoms with van der Waals surface area (Å²) in [5.41, 5.74) is 2.92. The molecular weight excluding hydrogens is 386 g/mol. The Balaban J connectivity index is 1.37. The molecule has 0 aliphatic carbocycles. The van der Waals surface area contributed by atoms with Crippen molar-refractivity contribution in [2.45, 2.75) is 5.75 Å². The molecule has 0 aliphatic heterocycles. The minimum absolute atomic E-state index is 0.109. The molecule has 0 saturated carbocycles. The Morgan fingerprint density at radius 1 is 1.10 bits per heavy atom. The van der Waals surface area contributed by atoms with Crippen LogP contribution in [0.15, 0.2) is 65.3 Å². The van der Waals surface area contributed by atoms with Gasteiger partial charge < -0.3 is 15.1 Å². The lowest BCUT2D eigenvalue weighted by molar-refractivity contribution is -0.122. The van der Waals surface area contributed by atoms with E-state index >= 15 is 0 Å². The van der Waals surface area contributed by atoms with Crippen LogP contribution in [0.5, 0.6) is 0 Å². The maximum absolute atomic E-state index is 11.9. The molecule has 7 heteroatoms. The average molecular weight is 405 g/mol. The molecule has 0 atom stereocenters. The summed E-state index contributed by atoms with van der Waals surface area (Å²) in [5, 5.41) is 5.29. The van der Waals surface area contributed by atoms with E-state index in [1.54, 1.807) is 30.5 Å². The van der Waals surface area contributed by atoms with Crippen LogP contribution < -0.4 is 10.6 Å². The minimum atomic E-state index is -0.318. The zero-order valence-electron chi connectivity index (χ0n) is 15.6. The van der Waals surface area contributed by atoms with Crippen molar-refractivity contribution < 1.29 is 14.0 Å². The molecule has 1 heterocycles. The van der Waals surface area contributed by atoms with Gasteiger partial charge in [-0.05, 0) is 30.3 Å². The summed E-state index contributed by atoms with van der Waals surface area (Å²) in [4.78, 5) is 28.3. The Kier molecular flexibility index (Phi) is 7.09. The van der Waals surface area contributed by atoms with Crippen molar-refractivity contribution in [3.8, 4) is 23.8 Å². The minimum Gasteiger partial charge on any atom is -0.444 e. The largest absolute Gasteiger partial charge is 0.444 e. The van der Waals surface area contributed by atoms with E-state index in [4.69, 9.17) is 10.8 Å². The first-order valence-corrected chi connectivity index (χ1v) is 10.0. The van der Waals surface area contributed by atoms with Crippen LogP contribution in [-0.4, -0.2) is 29.1 Å². The number of thioether (sulfide) groups is 1. The van der Waals surface area contributed by atoms with Crippen molar-refractivity contribution in [3.05, 3.63) is 72.1 Å². The smallest absolute Gasteiger partial charge is 0.243 e. The van der Waals surface area contributed by atoms with Crippen molar-refractivity contribution in [1.29, 1.82) is 0 Å². The quantitative estimate of drug-likeness (QED) is 0.562. The number of oxazole rings is 1. The van der Waals surface area contributed by atoms with Gasteiger partial charge in [0.1, 0.15) is 6.26 Å². The number of rotatable bonds is 8. The van der Waals surface area contributed by atoms with Gasteiger partial charge in [0.25, 0.3) is 0 Å². The first-order valence-electron chi connectivity index (χ1n) is 8.85. The average Bonchev–Trinajstić information content (AvgIpc) is 3.22. The lowest BCUT2D eigenvalue weighted by Gasteiger charge is -2.07. The van der Waals surface area contributed by atoms with Crippen LogP contribution in [0.3, 0.4) is 0 Å². The molecule has 1 aromatic heterocycles. The molecule has 2 amide bonds. The molecule has 0 radical (unpaired) electrons. The van der Waals surface area contributed by atoms with Crippen LogP contribution in [0.4, 0.5) is 5.69 Å². The highest BCUT2D eigenvalue weighted by Crippen LogP contribution is 2.20. The third kappa shape index (κ3) is 6.26. The first kappa shape index (κ1) is 20.2. The predicted octanol–water partition coefficient (Wildman–Crippen LogP) is 3.31. The Hall–Kier alpha value is -3.50. The number of carbonyl (C=O) groups is 2. The third-order valence-corrected chi connectivity index (χ3v) is 4.78. The number of hydrogen-bond donors (Lipinski definition) is 2. The van der Waals surface area contributed by atoms with E-state index in [1.165, 1.54) is 11.8 Å². The molecule has 29 heavy (non-hydrogen) atoms. The second-order valence-corrected chi connectivity index (χ2v) is 7.04. The van der Waals surface area contributed by atoms with E-state index in [2.05, 4.69) is 21.5 Å². The summed E-state index contributed by atoms with van der Waals surface area (Å²) in [5.74, 6) is 3.26. The molecule has 2 N–H and O–H groups in total. The number of nitrogens with one attached hydrogen (secondary N) is 2. The molecule has 3 rings (SSSR count). The van der Waals surface area contributed by atoms with Crippen molar-refractivity contribution in [2.75, 3.05) is 17.6 Å². The maximum atomic E-state index is 11.9. The molecule has 0 spiro atoms. The molecule has 0 aliphatic rings. The first-order chi connectivity index (χ1) is 14.1. The summed E-state index contributed by atoms with van der Waals surface area (Å²) < 4.78 is 5.47. The number of aromatic nitrogens is 1. The molecule has 0 fully saturated rings. The number of nitrogens with zero attached hydrogens (tertiary/aromatic N) is 1. The Morgan fingerprint density at radius 3 is 2.72 bits per heavy atom. The Bertz CT molecular complexity index is 1030. The molecule has 146 valence electrons. The van der Waals surface area contributed by atoms with Gasteiger partial charge in [-0.15, -0.1) is 18.2 Å². The molecular formula is C22H19N3O3S.